The molecule has 47 heavy (non-hydrogen) atoms. The first-order valence-electron chi connectivity index (χ1n) is 17.1. The van der Waals surface area contributed by atoms with Crippen molar-refractivity contribution in [2.75, 3.05) is 5.32 Å². The smallest absolute Gasteiger partial charge is 0.255 e. The standard InChI is InChI=1S/C41H45N3O3/c1-29(2)42-40(45)27-31-15-23-36(24-16-31)47-37-25-19-34(20-26-37)43-41(46)32-17-21-35(22-18-32)44-28-33(38-13-6-7-14-39(38)44)12-8-11-30-9-4-3-5-10-30/h6-7,13-26,28-30H,3-5,8-12,27H2,1-2H3,(H,42,45)(H,43,46). The van der Waals surface area contributed by atoms with Crippen molar-refractivity contribution in [3.63, 3.8) is 0 Å². The zero-order chi connectivity index (χ0) is 32.6. The van der Waals surface area contributed by atoms with Gasteiger partial charge in [0, 0.05) is 34.6 Å². The number of benzene rings is 4. The fourth-order valence-electron chi connectivity index (χ4n) is 6.67. The van der Waals surface area contributed by atoms with E-state index in [1.807, 2.05) is 86.6 Å². The molecular weight excluding hydrogens is 582 g/mol. The second-order valence-corrected chi connectivity index (χ2v) is 13.1. The number of nitrogens with one attached hydrogen (secondary N) is 2. The van der Waals surface area contributed by atoms with E-state index in [0.29, 0.717) is 29.2 Å². The van der Waals surface area contributed by atoms with E-state index in [-0.39, 0.29) is 17.9 Å². The van der Waals surface area contributed by atoms with Crippen molar-refractivity contribution in [3.05, 3.63) is 120 Å². The monoisotopic (exact) mass is 627 g/mol. The van der Waals surface area contributed by atoms with Crippen LogP contribution in [0.3, 0.4) is 0 Å². The van der Waals surface area contributed by atoms with Crippen LogP contribution in [0.4, 0.5) is 5.69 Å². The van der Waals surface area contributed by atoms with E-state index in [1.165, 1.54) is 61.4 Å². The molecule has 0 spiro atoms. The minimum atomic E-state index is -0.164. The van der Waals surface area contributed by atoms with Gasteiger partial charge in [-0.05, 0) is 110 Å². The molecule has 1 saturated carbocycles. The van der Waals surface area contributed by atoms with Crippen molar-refractivity contribution >= 4 is 28.4 Å². The third kappa shape index (κ3) is 8.50. The molecule has 5 aromatic rings. The Morgan fingerprint density at radius 2 is 1.51 bits per heavy atom. The van der Waals surface area contributed by atoms with Crippen LogP contribution >= 0.6 is 0 Å². The average Bonchev–Trinajstić information content (AvgIpc) is 3.45. The lowest BCUT2D eigenvalue weighted by Crippen LogP contribution is -2.31. The molecule has 4 aromatic carbocycles. The summed E-state index contributed by atoms with van der Waals surface area (Å²) in [5.74, 6) is 2.08. The van der Waals surface area contributed by atoms with Gasteiger partial charge in [0.05, 0.1) is 11.9 Å². The number of carbonyl (C=O) groups excluding carboxylic acids is 2. The normalized spacial score (nSPS) is 13.5. The number of nitrogens with zero attached hydrogens (tertiary/aromatic N) is 1. The Bertz CT molecular complexity index is 1780. The minimum absolute atomic E-state index is 0.000712. The molecular formula is C41H45N3O3. The summed E-state index contributed by atoms with van der Waals surface area (Å²) in [4.78, 5) is 25.1. The SMILES string of the molecule is CC(C)NC(=O)Cc1ccc(Oc2ccc(NC(=O)c3ccc(-n4cc(CCCC5CCCCC5)c5ccccc54)cc3)cc2)cc1. The van der Waals surface area contributed by atoms with Gasteiger partial charge in [-0.1, -0.05) is 68.9 Å². The van der Waals surface area contributed by atoms with Gasteiger partial charge in [-0.15, -0.1) is 0 Å². The van der Waals surface area contributed by atoms with Crippen LogP contribution in [0.5, 0.6) is 11.5 Å². The van der Waals surface area contributed by atoms with Gasteiger partial charge in [-0.2, -0.15) is 0 Å². The molecule has 1 heterocycles. The highest BCUT2D eigenvalue weighted by atomic mass is 16.5. The van der Waals surface area contributed by atoms with Gasteiger partial charge in [-0.3, -0.25) is 9.59 Å². The van der Waals surface area contributed by atoms with Crippen molar-refractivity contribution in [1.29, 1.82) is 0 Å². The molecule has 0 saturated heterocycles. The van der Waals surface area contributed by atoms with E-state index in [1.54, 1.807) is 0 Å². The summed E-state index contributed by atoms with van der Waals surface area (Å²) in [7, 11) is 0. The number of hydrogen-bond donors (Lipinski definition) is 2. The molecule has 0 bridgehead atoms. The molecule has 2 amide bonds. The molecule has 6 nitrogen and oxygen atoms in total. The number of amides is 2. The van der Waals surface area contributed by atoms with Crippen molar-refractivity contribution in [2.45, 2.75) is 77.7 Å². The summed E-state index contributed by atoms with van der Waals surface area (Å²) < 4.78 is 8.22. The summed E-state index contributed by atoms with van der Waals surface area (Å²) in [6.07, 6.45) is 13.3. The Morgan fingerprint density at radius 3 is 2.21 bits per heavy atom. The number of aromatic nitrogens is 1. The lowest BCUT2D eigenvalue weighted by molar-refractivity contribution is -0.120. The third-order valence-corrected chi connectivity index (χ3v) is 9.07. The number of fused-ring (bicyclic) bond motifs is 1. The van der Waals surface area contributed by atoms with Crippen LogP contribution in [-0.4, -0.2) is 22.4 Å². The van der Waals surface area contributed by atoms with Gasteiger partial charge >= 0.3 is 0 Å². The first-order valence-corrected chi connectivity index (χ1v) is 17.1. The number of rotatable bonds is 12. The predicted octanol–water partition coefficient (Wildman–Crippen LogP) is 9.65. The van der Waals surface area contributed by atoms with E-state index in [4.69, 9.17) is 4.74 Å². The van der Waals surface area contributed by atoms with Crippen LogP contribution in [0.2, 0.25) is 0 Å². The van der Waals surface area contributed by atoms with Crippen LogP contribution in [0.25, 0.3) is 16.6 Å². The molecule has 0 atom stereocenters. The van der Waals surface area contributed by atoms with Gasteiger partial charge < -0.3 is 19.9 Å². The molecule has 0 unspecified atom stereocenters. The number of carbonyl (C=O) groups is 2. The number of para-hydroxylation sites is 1. The molecule has 1 aliphatic carbocycles. The predicted molar refractivity (Wildman–Crippen MR) is 191 cm³/mol. The zero-order valence-corrected chi connectivity index (χ0v) is 27.5. The van der Waals surface area contributed by atoms with Crippen molar-refractivity contribution < 1.29 is 14.3 Å². The molecule has 242 valence electrons. The van der Waals surface area contributed by atoms with Gasteiger partial charge in [0.1, 0.15) is 11.5 Å². The lowest BCUT2D eigenvalue weighted by atomic mass is 9.85. The van der Waals surface area contributed by atoms with E-state index < -0.39 is 0 Å². The fourth-order valence-corrected chi connectivity index (χ4v) is 6.67. The average molecular weight is 628 g/mol. The van der Waals surface area contributed by atoms with Gasteiger partial charge in [-0.25, -0.2) is 0 Å². The van der Waals surface area contributed by atoms with E-state index >= 15 is 0 Å². The van der Waals surface area contributed by atoms with E-state index in [0.717, 1.165) is 23.6 Å². The maximum atomic E-state index is 13.1. The summed E-state index contributed by atoms with van der Waals surface area (Å²) in [6, 6.07) is 31.4. The molecule has 6 heteroatoms. The Labute approximate surface area is 278 Å². The zero-order valence-electron chi connectivity index (χ0n) is 27.5. The van der Waals surface area contributed by atoms with Gasteiger partial charge in [0.15, 0.2) is 0 Å². The largest absolute Gasteiger partial charge is 0.457 e. The van der Waals surface area contributed by atoms with Crippen molar-refractivity contribution in [1.82, 2.24) is 9.88 Å². The first-order chi connectivity index (χ1) is 22.9. The second-order valence-electron chi connectivity index (χ2n) is 13.1. The summed E-state index contributed by atoms with van der Waals surface area (Å²) >= 11 is 0. The van der Waals surface area contributed by atoms with Crippen LogP contribution in [0, 0.1) is 5.92 Å². The number of anilines is 1. The molecule has 2 N–H and O–H groups in total. The summed E-state index contributed by atoms with van der Waals surface area (Å²) in [5.41, 5.74) is 5.85. The number of hydrogen-bond acceptors (Lipinski definition) is 3. The highest BCUT2D eigenvalue weighted by Gasteiger charge is 2.15. The number of aryl methyl sites for hydroxylation is 1. The van der Waals surface area contributed by atoms with Crippen LogP contribution in [-0.2, 0) is 17.6 Å². The van der Waals surface area contributed by atoms with Crippen molar-refractivity contribution in [2.24, 2.45) is 5.92 Å². The maximum Gasteiger partial charge on any atom is 0.255 e. The van der Waals surface area contributed by atoms with Gasteiger partial charge in [0.2, 0.25) is 5.91 Å². The summed E-state index contributed by atoms with van der Waals surface area (Å²) in [6.45, 7) is 3.89. The molecule has 1 aromatic heterocycles. The molecule has 0 radical (unpaired) electrons. The Balaban J connectivity index is 1.04. The fraction of sp³-hybridized carbons (Fsp3) is 0.317. The van der Waals surface area contributed by atoms with E-state index in [9.17, 15) is 9.59 Å². The first kappa shape index (κ1) is 32.1. The molecule has 6 rings (SSSR count). The molecule has 1 aliphatic rings. The van der Waals surface area contributed by atoms with Crippen LogP contribution in [0.15, 0.2) is 103 Å². The van der Waals surface area contributed by atoms with Crippen LogP contribution in [0.1, 0.15) is 80.3 Å². The van der Waals surface area contributed by atoms with Gasteiger partial charge in [0.25, 0.3) is 5.91 Å². The van der Waals surface area contributed by atoms with Crippen LogP contribution < -0.4 is 15.4 Å². The Hall–Kier alpha value is -4.84. The highest BCUT2D eigenvalue weighted by Crippen LogP contribution is 2.31. The lowest BCUT2D eigenvalue weighted by Gasteiger charge is -2.21. The second kappa shape index (κ2) is 15.2. The quantitative estimate of drug-likeness (QED) is 0.145. The summed E-state index contributed by atoms with van der Waals surface area (Å²) in [5, 5.41) is 7.21. The van der Waals surface area contributed by atoms with Crippen molar-refractivity contribution in [3.8, 4) is 17.2 Å². The highest BCUT2D eigenvalue weighted by molar-refractivity contribution is 6.04. The molecule has 0 aliphatic heterocycles. The minimum Gasteiger partial charge on any atom is -0.457 e. The molecule has 1 fully saturated rings. The van der Waals surface area contributed by atoms with E-state index in [2.05, 4.69) is 45.7 Å². The Morgan fingerprint density at radius 1 is 0.830 bits per heavy atom. The number of ether oxygens (including phenoxy) is 1. The maximum absolute atomic E-state index is 13.1. The third-order valence-electron chi connectivity index (χ3n) is 9.07. The topological polar surface area (TPSA) is 72.4 Å². The Kier molecular flexibility index (Phi) is 10.4.